The summed E-state index contributed by atoms with van der Waals surface area (Å²) in [4.78, 5) is 30.4. The number of rotatable bonds is 5. The molecule has 27 heavy (non-hydrogen) atoms. The molecule has 138 valence electrons. The smallest absolute Gasteiger partial charge is 0.307 e. The molecule has 0 saturated carbocycles. The molecule has 0 fully saturated rings. The minimum Gasteiger partial charge on any atom is -0.469 e. The highest BCUT2D eigenvalue weighted by Crippen LogP contribution is 2.26. The fraction of sp³-hybridized carbons (Fsp3) is 0.190. The Hall–Kier alpha value is -3.28. The molecule has 1 amide bonds. The summed E-state index contributed by atoms with van der Waals surface area (Å²) in [6, 6.07) is 15.0. The van der Waals surface area contributed by atoms with Crippen molar-refractivity contribution < 1.29 is 18.7 Å². The van der Waals surface area contributed by atoms with E-state index in [1.165, 1.54) is 24.1 Å². The zero-order valence-corrected chi connectivity index (χ0v) is 15.1. The zero-order valence-electron chi connectivity index (χ0n) is 15.1. The van der Waals surface area contributed by atoms with Crippen LogP contribution in [0.3, 0.4) is 0 Å². The number of carbonyl (C=O) groups excluding carboxylic acids is 2. The molecule has 0 radical (unpaired) electrons. The highest BCUT2D eigenvalue weighted by Gasteiger charge is 2.18. The van der Waals surface area contributed by atoms with Crippen LogP contribution in [0, 0.1) is 5.82 Å². The summed E-state index contributed by atoms with van der Waals surface area (Å²) in [6.07, 6.45) is 0.118. The molecule has 0 saturated heterocycles. The van der Waals surface area contributed by atoms with Crippen LogP contribution in [0.15, 0.2) is 54.6 Å². The van der Waals surface area contributed by atoms with Gasteiger partial charge in [0.15, 0.2) is 0 Å². The van der Waals surface area contributed by atoms with Gasteiger partial charge < -0.3 is 9.64 Å². The van der Waals surface area contributed by atoms with Gasteiger partial charge in [0.2, 0.25) is 0 Å². The third-order valence-electron chi connectivity index (χ3n) is 4.31. The molecule has 0 N–H and O–H groups in total. The van der Waals surface area contributed by atoms with Gasteiger partial charge in [-0.15, -0.1) is 0 Å². The van der Waals surface area contributed by atoms with Crippen molar-refractivity contribution in [3.05, 3.63) is 66.0 Å². The maximum Gasteiger partial charge on any atom is 0.307 e. The minimum atomic E-state index is -0.374. The lowest BCUT2D eigenvalue weighted by molar-refractivity contribution is -0.140. The van der Waals surface area contributed by atoms with Gasteiger partial charge in [-0.2, -0.15) is 0 Å². The highest BCUT2D eigenvalue weighted by molar-refractivity contribution is 6.07. The predicted molar refractivity (Wildman–Crippen MR) is 101 cm³/mol. The molecule has 5 nitrogen and oxygen atoms in total. The molecule has 0 atom stereocenters. The topological polar surface area (TPSA) is 59.5 Å². The Morgan fingerprint density at radius 1 is 1.11 bits per heavy atom. The normalized spacial score (nSPS) is 10.6. The maximum absolute atomic E-state index is 13.2. The predicted octanol–water partition coefficient (Wildman–Crippen LogP) is 3.68. The second-order valence-corrected chi connectivity index (χ2v) is 6.13. The summed E-state index contributed by atoms with van der Waals surface area (Å²) < 4.78 is 17.9. The quantitative estimate of drug-likeness (QED) is 0.647. The monoisotopic (exact) mass is 366 g/mol. The number of hydrogen-bond donors (Lipinski definition) is 0. The highest BCUT2D eigenvalue weighted by atomic mass is 19.1. The van der Waals surface area contributed by atoms with Gasteiger partial charge >= 0.3 is 5.97 Å². The molecule has 2 aromatic carbocycles. The van der Waals surface area contributed by atoms with Crippen molar-refractivity contribution in [3.8, 4) is 11.3 Å². The van der Waals surface area contributed by atoms with Crippen LogP contribution in [0.2, 0.25) is 0 Å². The number of hydrogen-bond acceptors (Lipinski definition) is 4. The van der Waals surface area contributed by atoms with Gasteiger partial charge in [0.25, 0.3) is 5.91 Å². The van der Waals surface area contributed by atoms with Crippen molar-refractivity contribution in [2.24, 2.45) is 0 Å². The van der Waals surface area contributed by atoms with E-state index in [1.807, 2.05) is 24.3 Å². The summed E-state index contributed by atoms with van der Waals surface area (Å²) in [6.45, 7) is 0.244. The van der Waals surface area contributed by atoms with E-state index in [4.69, 9.17) is 0 Å². The summed E-state index contributed by atoms with van der Waals surface area (Å²) in [5.41, 5.74) is 2.45. The first-order valence-corrected chi connectivity index (χ1v) is 8.47. The van der Waals surface area contributed by atoms with E-state index in [0.29, 0.717) is 22.3 Å². The Morgan fingerprint density at radius 3 is 2.52 bits per heavy atom. The lowest BCUT2D eigenvalue weighted by Gasteiger charge is -2.18. The first-order chi connectivity index (χ1) is 13.0. The third-order valence-corrected chi connectivity index (χ3v) is 4.31. The van der Waals surface area contributed by atoms with Gasteiger partial charge in [0.1, 0.15) is 5.82 Å². The summed E-state index contributed by atoms with van der Waals surface area (Å²) in [5.74, 6) is -0.930. The van der Waals surface area contributed by atoms with Crippen LogP contribution >= 0.6 is 0 Å². The molecule has 3 aromatic rings. The molecule has 3 rings (SSSR count). The molecule has 0 bridgehead atoms. The van der Waals surface area contributed by atoms with Crippen molar-refractivity contribution in [1.29, 1.82) is 0 Å². The van der Waals surface area contributed by atoms with Crippen LogP contribution in [0.25, 0.3) is 22.2 Å². The molecule has 1 heterocycles. The number of para-hydroxylation sites is 1. The van der Waals surface area contributed by atoms with Crippen molar-refractivity contribution in [2.45, 2.75) is 6.42 Å². The standard InChI is InChI=1S/C21H19FN2O3/c1-24(12-11-20(25)27-2)21(26)17-13-19(14-7-9-15(22)10-8-14)23-18-6-4-3-5-16(17)18/h3-10,13H,11-12H2,1-2H3. The Bertz CT molecular complexity index is 986. The summed E-state index contributed by atoms with van der Waals surface area (Å²) >= 11 is 0. The van der Waals surface area contributed by atoms with E-state index in [1.54, 1.807) is 25.2 Å². The van der Waals surface area contributed by atoms with E-state index < -0.39 is 0 Å². The second kappa shape index (κ2) is 7.95. The van der Waals surface area contributed by atoms with E-state index >= 15 is 0 Å². The number of halogens is 1. The van der Waals surface area contributed by atoms with Crippen LogP contribution in [0.4, 0.5) is 4.39 Å². The lowest BCUT2D eigenvalue weighted by atomic mass is 10.0. The van der Waals surface area contributed by atoms with Gasteiger partial charge in [-0.25, -0.2) is 9.37 Å². The zero-order chi connectivity index (χ0) is 19.4. The van der Waals surface area contributed by atoms with Crippen LogP contribution in [-0.4, -0.2) is 42.5 Å². The van der Waals surface area contributed by atoms with E-state index in [2.05, 4.69) is 9.72 Å². The van der Waals surface area contributed by atoms with Crippen LogP contribution in [0.1, 0.15) is 16.8 Å². The number of pyridine rings is 1. The molecular weight excluding hydrogens is 347 g/mol. The van der Waals surface area contributed by atoms with Gasteiger partial charge in [0.05, 0.1) is 30.3 Å². The molecule has 0 spiro atoms. The van der Waals surface area contributed by atoms with Crippen LogP contribution < -0.4 is 0 Å². The Kier molecular flexibility index (Phi) is 5.45. The second-order valence-electron chi connectivity index (χ2n) is 6.13. The Labute approximate surface area is 156 Å². The minimum absolute atomic E-state index is 0.118. The van der Waals surface area contributed by atoms with E-state index in [-0.39, 0.29) is 30.7 Å². The van der Waals surface area contributed by atoms with Gasteiger partial charge in [-0.05, 0) is 36.4 Å². The third kappa shape index (κ3) is 4.11. The number of ether oxygens (including phenoxy) is 1. The van der Waals surface area contributed by atoms with Crippen molar-refractivity contribution in [2.75, 3.05) is 20.7 Å². The average molecular weight is 366 g/mol. The van der Waals surface area contributed by atoms with Crippen molar-refractivity contribution in [3.63, 3.8) is 0 Å². The number of methoxy groups -OCH3 is 1. The van der Waals surface area contributed by atoms with Gasteiger partial charge in [0, 0.05) is 24.5 Å². The first-order valence-electron chi connectivity index (χ1n) is 8.47. The van der Waals surface area contributed by atoms with Crippen LogP contribution in [0.5, 0.6) is 0 Å². The van der Waals surface area contributed by atoms with Crippen molar-refractivity contribution in [1.82, 2.24) is 9.88 Å². The number of aromatic nitrogens is 1. The Balaban J connectivity index is 2.01. The molecule has 0 aliphatic heterocycles. The molecule has 1 aromatic heterocycles. The molecule has 0 aliphatic rings. The average Bonchev–Trinajstić information content (AvgIpc) is 2.70. The number of amides is 1. The molecule has 0 unspecified atom stereocenters. The lowest BCUT2D eigenvalue weighted by Crippen LogP contribution is -2.29. The van der Waals surface area contributed by atoms with Gasteiger partial charge in [-0.3, -0.25) is 9.59 Å². The number of esters is 1. The molecule has 0 aliphatic carbocycles. The van der Waals surface area contributed by atoms with Crippen molar-refractivity contribution >= 4 is 22.8 Å². The molecular formula is C21H19FN2O3. The SMILES string of the molecule is COC(=O)CCN(C)C(=O)c1cc(-c2ccc(F)cc2)nc2ccccc12. The summed E-state index contributed by atoms with van der Waals surface area (Å²) in [7, 11) is 2.95. The number of carbonyl (C=O) groups is 2. The Morgan fingerprint density at radius 2 is 1.81 bits per heavy atom. The summed E-state index contributed by atoms with van der Waals surface area (Å²) in [5, 5.41) is 0.721. The fourth-order valence-electron chi connectivity index (χ4n) is 2.79. The van der Waals surface area contributed by atoms with E-state index in [9.17, 15) is 14.0 Å². The van der Waals surface area contributed by atoms with Crippen LogP contribution in [-0.2, 0) is 9.53 Å². The first kappa shape index (κ1) is 18.5. The number of fused-ring (bicyclic) bond motifs is 1. The van der Waals surface area contributed by atoms with E-state index in [0.717, 1.165) is 5.39 Å². The largest absolute Gasteiger partial charge is 0.469 e. The maximum atomic E-state index is 13.2. The van der Waals surface area contributed by atoms with Gasteiger partial charge in [-0.1, -0.05) is 18.2 Å². The fourth-order valence-corrected chi connectivity index (χ4v) is 2.79. The number of benzene rings is 2. The number of nitrogens with zero attached hydrogens (tertiary/aromatic N) is 2. The molecule has 6 heteroatoms.